The minimum absolute atomic E-state index is 0.577. The Morgan fingerprint density at radius 2 is 1.50 bits per heavy atom. The van der Waals surface area contributed by atoms with Crippen LogP contribution in [0.4, 0.5) is 11.6 Å². The maximum atomic E-state index is 5.53. The van der Waals surface area contributed by atoms with E-state index in [0.29, 0.717) is 5.41 Å². The van der Waals surface area contributed by atoms with Gasteiger partial charge in [0.2, 0.25) is 0 Å². The zero-order valence-corrected chi connectivity index (χ0v) is 14.1. The lowest BCUT2D eigenvalue weighted by atomic mass is 9.95. The molecule has 5 rings (SSSR count). The molecule has 1 spiro atoms. The first-order valence-corrected chi connectivity index (χ1v) is 9.18. The van der Waals surface area contributed by atoms with Gasteiger partial charge < -0.3 is 14.5 Å². The van der Waals surface area contributed by atoms with Gasteiger partial charge in [0, 0.05) is 26.2 Å². The number of aromatic nitrogens is 2. The second-order valence-electron chi connectivity index (χ2n) is 7.48. The highest BCUT2D eigenvalue weighted by Crippen LogP contribution is 2.53. The summed E-state index contributed by atoms with van der Waals surface area (Å²) in [7, 11) is 0. The van der Waals surface area contributed by atoms with Crippen LogP contribution in [0.1, 0.15) is 25.7 Å². The zero-order valence-electron chi connectivity index (χ0n) is 14.1. The molecule has 1 aromatic heterocycles. The molecular weight excluding hydrogens is 300 g/mol. The van der Waals surface area contributed by atoms with E-state index < -0.39 is 0 Å². The molecular formula is C19H24N4O. The monoisotopic (exact) mass is 324 g/mol. The van der Waals surface area contributed by atoms with Gasteiger partial charge in [-0.25, -0.2) is 9.97 Å². The van der Waals surface area contributed by atoms with E-state index in [1.54, 1.807) is 0 Å². The predicted octanol–water partition coefficient (Wildman–Crippen LogP) is 2.85. The largest absolute Gasteiger partial charge is 0.378 e. The van der Waals surface area contributed by atoms with Gasteiger partial charge in [-0.15, -0.1) is 0 Å². The molecule has 3 heterocycles. The van der Waals surface area contributed by atoms with Crippen LogP contribution in [0.3, 0.4) is 0 Å². The molecule has 5 nitrogen and oxygen atoms in total. The van der Waals surface area contributed by atoms with Gasteiger partial charge in [-0.1, -0.05) is 12.1 Å². The molecule has 2 saturated heterocycles. The van der Waals surface area contributed by atoms with E-state index in [-0.39, 0.29) is 0 Å². The van der Waals surface area contributed by atoms with Gasteiger partial charge in [0.1, 0.15) is 0 Å². The van der Waals surface area contributed by atoms with Crippen LogP contribution >= 0.6 is 0 Å². The lowest BCUT2D eigenvalue weighted by Crippen LogP contribution is -2.41. The van der Waals surface area contributed by atoms with Gasteiger partial charge in [-0.3, -0.25) is 0 Å². The third kappa shape index (κ3) is 2.51. The molecule has 0 bridgehead atoms. The van der Waals surface area contributed by atoms with Crippen LogP contribution in [0.15, 0.2) is 24.3 Å². The molecule has 0 radical (unpaired) electrons. The van der Waals surface area contributed by atoms with Crippen LogP contribution in [0, 0.1) is 5.41 Å². The smallest absolute Gasteiger partial charge is 0.172 e. The second kappa shape index (κ2) is 5.59. The summed E-state index contributed by atoms with van der Waals surface area (Å²) in [6.07, 6.45) is 5.43. The Kier molecular flexibility index (Phi) is 3.37. The van der Waals surface area contributed by atoms with Crippen molar-refractivity contribution in [2.24, 2.45) is 5.41 Å². The summed E-state index contributed by atoms with van der Waals surface area (Å²) in [5, 5.41) is 0. The van der Waals surface area contributed by atoms with Gasteiger partial charge in [-0.05, 0) is 43.2 Å². The average Bonchev–Trinajstić information content (AvgIpc) is 3.39. The summed E-state index contributed by atoms with van der Waals surface area (Å²) < 4.78 is 5.53. The quantitative estimate of drug-likeness (QED) is 0.850. The zero-order chi connectivity index (χ0) is 16.0. The van der Waals surface area contributed by atoms with Gasteiger partial charge in [0.15, 0.2) is 11.6 Å². The van der Waals surface area contributed by atoms with Crippen molar-refractivity contribution in [1.82, 2.24) is 9.97 Å². The van der Waals surface area contributed by atoms with Crippen molar-refractivity contribution in [1.29, 1.82) is 0 Å². The topological polar surface area (TPSA) is 41.5 Å². The van der Waals surface area contributed by atoms with E-state index in [9.17, 15) is 0 Å². The molecule has 3 aliphatic rings. The van der Waals surface area contributed by atoms with Crippen LogP contribution in [0.5, 0.6) is 0 Å². The Bertz CT molecular complexity index is 752. The summed E-state index contributed by atoms with van der Waals surface area (Å²) in [4.78, 5) is 14.9. The Hall–Kier alpha value is -1.88. The van der Waals surface area contributed by atoms with Crippen LogP contribution in [-0.4, -0.2) is 49.4 Å². The first kappa shape index (κ1) is 14.5. The highest BCUT2D eigenvalue weighted by atomic mass is 16.5. The molecule has 0 atom stereocenters. The number of anilines is 2. The Balaban J connectivity index is 1.58. The number of piperidine rings is 1. The van der Waals surface area contributed by atoms with Crippen molar-refractivity contribution in [3.63, 3.8) is 0 Å². The normalized spacial score (nSPS) is 23.0. The van der Waals surface area contributed by atoms with Crippen LogP contribution in [-0.2, 0) is 4.74 Å². The van der Waals surface area contributed by atoms with E-state index in [1.807, 2.05) is 12.1 Å². The maximum absolute atomic E-state index is 5.53. The highest BCUT2D eigenvalue weighted by molar-refractivity contribution is 5.81. The van der Waals surface area contributed by atoms with Crippen LogP contribution < -0.4 is 9.80 Å². The molecule has 0 amide bonds. The lowest BCUT2D eigenvalue weighted by molar-refractivity contribution is 0.122. The molecule has 1 aliphatic carbocycles. The first-order chi connectivity index (χ1) is 11.8. The van der Waals surface area contributed by atoms with Crippen molar-refractivity contribution < 1.29 is 4.74 Å². The summed E-state index contributed by atoms with van der Waals surface area (Å²) in [6.45, 7) is 5.61. The van der Waals surface area contributed by atoms with Gasteiger partial charge in [0.05, 0.1) is 24.2 Å². The molecule has 2 aliphatic heterocycles. The highest BCUT2D eigenvalue weighted by Gasteiger charge is 2.46. The van der Waals surface area contributed by atoms with Gasteiger partial charge >= 0.3 is 0 Å². The number of benzene rings is 1. The van der Waals surface area contributed by atoms with E-state index in [2.05, 4.69) is 21.9 Å². The molecule has 1 saturated carbocycles. The summed E-state index contributed by atoms with van der Waals surface area (Å²) in [5.74, 6) is 2.14. The van der Waals surface area contributed by atoms with Crippen LogP contribution in [0.25, 0.3) is 11.0 Å². The minimum atomic E-state index is 0.577. The number of fused-ring (bicyclic) bond motifs is 1. The van der Waals surface area contributed by atoms with E-state index in [0.717, 1.165) is 62.1 Å². The summed E-state index contributed by atoms with van der Waals surface area (Å²) in [6, 6.07) is 8.23. The summed E-state index contributed by atoms with van der Waals surface area (Å²) >= 11 is 0. The Labute approximate surface area is 142 Å². The van der Waals surface area contributed by atoms with Gasteiger partial charge in [-0.2, -0.15) is 0 Å². The lowest BCUT2D eigenvalue weighted by Gasteiger charge is -2.37. The molecule has 1 aromatic carbocycles. The standard InChI is InChI=1S/C19H24N4O/c1-2-5-16-15(4-1)20-17(22-10-12-24-13-11-22)18(21-16)23-9-3-6-19(14-23)7-8-19/h1-2,4-5H,3,6-14H2. The fourth-order valence-electron chi connectivity index (χ4n) is 4.15. The maximum Gasteiger partial charge on any atom is 0.172 e. The fourth-order valence-corrected chi connectivity index (χ4v) is 4.15. The number of para-hydroxylation sites is 2. The number of nitrogens with zero attached hydrogens (tertiary/aromatic N) is 4. The van der Waals surface area contributed by atoms with Crippen molar-refractivity contribution in [3.8, 4) is 0 Å². The van der Waals surface area contributed by atoms with E-state index >= 15 is 0 Å². The van der Waals surface area contributed by atoms with Crippen molar-refractivity contribution in [3.05, 3.63) is 24.3 Å². The molecule has 0 N–H and O–H groups in total. The Morgan fingerprint density at radius 1 is 0.833 bits per heavy atom. The molecule has 2 aromatic rings. The summed E-state index contributed by atoms with van der Waals surface area (Å²) in [5.41, 5.74) is 2.56. The predicted molar refractivity (Wildman–Crippen MR) is 95.7 cm³/mol. The van der Waals surface area contributed by atoms with Crippen LogP contribution in [0.2, 0.25) is 0 Å². The second-order valence-corrected chi connectivity index (χ2v) is 7.48. The van der Waals surface area contributed by atoms with Crippen molar-refractivity contribution >= 4 is 22.7 Å². The van der Waals surface area contributed by atoms with Crippen molar-refractivity contribution in [2.45, 2.75) is 25.7 Å². The first-order valence-electron chi connectivity index (χ1n) is 9.18. The van der Waals surface area contributed by atoms with E-state index in [4.69, 9.17) is 14.7 Å². The Morgan fingerprint density at radius 3 is 2.17 bits per heavy atom. The third-order valence-corrected chi connectivity index (χ3v) is 5.76. The number of rotatable bonds is 2. The number of morpholine rings is 1. The molecule has 0 unspecified atom stereocenters. The minimum Gasteiger partial charge on any atom is -0.378 e. The number of ether oxygens (including phenoxy) is 1. The fraction of sp³-hybridized carbons (Fsp3) is 0.579. The number of hydrogen-bond acceptors (Lipinski definition) is 5. The molecule has 5 heteroatoms. The molecule has 126 valence electrons. The SMILES string of the molecule is c1ccc2nc(N3CCCC4(CC4)C3)c(N3CCOCC3)nc2c1. The number of hydrogen-bond donors (Lipinski definition) is 0. The van der Waals surface area contributed by atoms with E-state index in [1.165, 1.54) is 25.7 Å². The molecule has 3 fully saturated rings. The van der Waals surface area contributed by atoms with Crippen molar-refractivity contribution in [2.75, 3.05) is 49.2 Å². The molecule has 24 heavy (non-hydrogen) atoms. The third-order valence-electron chi connectivity index (χ3n) is 5.76. The average molecular weight is 324 g/mol. The van der Waals surface area contributed by atoms with Gasteiger partial charge in [0.25, 0.3) is 0 Å².